The third-order valence-electron chi connectivity index (χ3n) is 2.21. The molecule has 94 valence electrons. The van der Waals surface area contributed by atoms with E-state index in [0.717, 1.165) is 0 Å². The van der Waals surface area contributed by atoms with Crippen LogP contribution in [0, 0.1) is 0 Å². The molecule has 0 spiro atoms. The molecular formula is C10H15N3O4. The highest BCUT2D eigenvalue weighted by molar-refractivity contribution is 5.83. The number of carbonyl (C=O) groups excluding carboxylic acids is 1. The zero-order valence-electron chi connectivity index (χ0n) is 9.24. The number of hydrogen-bond acceptors (Lipinski definition) is 4. The van der Waals surface area contributed by atoms with Gasteiger partial charge in [-0.05, 0) is 0 Å². The van der Waals surface area contributed by atoms with Gasteiger partial charge in [-0.15, -0.1) is 0 Å². The minimum absolute atomic E-state index is 0.00610. The Kier molecular flexibility index (Phi) is 5.15. The molecule has 1 unspecified atom stereocenters. The van der Waals surface area contributed by atoms with Gasteiger partial charge in [-0.2, -0.15) is 0 Å². The first-order valence-corrected chi connectivity index (χ1v) is 5.22. The molecule has 0 radical (unpaired) electrons. The Morgan fingerprint density at radius 3 is 2.76 bits per heavy atom. The van der Waals surface area contributed by atoms with Crippen LogP contribution in [0.4, 0.5) is 0 Å². The van der Waals surface area contributed by atoms with Gasteiger partial charge in [-0.1, -0.05) is 0 Å². The van der Waals surface area contributed by atoms with Crippen molar-refractivity contribution in [1.82, 2.24) is 14.9 Å². The van der Waals surface area contributed by atoms with E-state index >= 15 is 0 Å². The zero-order valence-corrected chi connectivity index (χ0v) is 9.24. The monoisotopic (exact) mass is 241 g/mol. The summed E-state index contributed by atoms with van der Waals surface area (Å²) in [4.78, 5) is 26.0. The van der Waals surface area contributed by atoms with E-state index in [1.54, 1.807) is 23.3 Å². The van der Waals surface area contributed by atoms with Gasteiger partial charge in [-0.3, -0.25) is 4.79 Å². The molecule has 0 saturated carbocycles. The van der Waals surface area contributed by atoms with Crippen LogP contribution in [0.1, 0.15) is 12.8 Å². The minimum atomic E-state index is -1.14. The molecule has 1 rings (SSSR count). The second-order valence-corrected chi connectivity index (χ2v) is 3.52. The molecule has 0 aliphatic rings. The number of aromatic nitrogens is 2. The van der Waals surface area contributed by atoms with E-state index in [4.69, 9.17) is 10.2 Å². The quantitative estimate of drug-likeness (QED) is 0.581. The van der Waals surface area contributed by atoms with Gasteiger partial charge in [0.25, 0.3) is 0 Å². The van der Waals surface area contributed by atoms with Crippen LogP contribution in [0.15, 0.2) is 18.7 Å². The lowest BCUT2D eigenvalue weighted by molar-refractivity contribution is -0.142. The zero-order chi connectivity index (χ0) is 12.7. The summed E-state index contributed by atoms with van der Waals surface area (Å²) in [6.45, 7) is 0.163. The number of aliphatic hydroxyl groups excluding tert-OH is 1. The van der Waals surface area contributed by atoms with Crippen molar-refractivity contribution in [3.63, 3.8) is 0 Å². The normalized spacial score (nSPS) is 12.1. The Labute approximate surface area is 98.1 Å². The van der Waals surface area contributed by atoms with Crippen LogP contribution in [0.25, 0.3) is 0 Å². The van der Waals surface area contributed by atoms with Crippen LogP contribution in [0.3, 0.4) is 0 Å². The number of carboxylic acids is 1. The van der Waals surface area contributed by atoms with Crippen LogP contribution in [-0.4, -0.2) is 44.3 Å². The van der Waals surface area contributed by atoms with E-state index in [1.807, 2.05) is 0 Å². The summed E-state index contributed by atoms with van der Waals surface area (Å²) < 4.78 is 1.72. The molecule has 7 nitrogen and oxygen atoms in total. The fraction of sp³-hybridized carbons (Fsp3) is 0.500. The lowest BCUT2D eigenvalue weighted by Gasteiger charge is -2.13. The molecule has 3 N–H and O–H groups in total. The fourth-order valence-electron chi connectivity index (χ4n) is 1.30. The summed E-state index contributed by atoms with van der Waals surface area (Å²) in [6, 6.07) is -1.03. The minimum Gasteiger partial charge on any atom is -0.480 e. The third-order valence-corrected chi connectivity index (χ3v) is 2.21. The number of nitrogens with one attached hydrogen (secondary N) is 1. The number of rotatable bonds is 7. The summed E-state index contributed by atoms with van der Waals surface area (Å²) >= 11 is 0. The van der Waals surface area contributed by atoms with Gasteiger partial charge in [0.1, 0.15) is 6.04 Å². The molecule has 1 aromatic heterocycles. The van der Waals surface area contributed by atoms with Crippen LogP contribution in [0.5, 0.6) is 0 Å². The van der Waals surface area contributed by atoms with Gasteiger partial charge < -0.3 is 20.1 Å². The van der Waals surface area contributed by atoms with E-state index in [2.05, 4.69) is 10.3 Å². The maximum atomic E-state index is 11.4. The largest absolute Gasteiger partial charge is 0.480 e. The number of carboxylic acid groups (broad SMARTS) is 1. The second-order valence-electron chi connectivity index (χ2n) is 3.52. The third kappa shape index (κ3) is 4.64. The standard InChI is InChI=1S/C10H15N3O4/c14-6-2-8(10(16)17)12-9(15)1-4-13-5-3-11-7-13/h3,5,7-8,14H,1-2,4,6H2,(H,12,15)(H,16,17). The molecule has 0 aromatic carbocycles. The highest BCUT2D eigenvalue weighted by Crippen LogP contribution is 1.95. The predicted molar refractivity (Wildman–Crippen MR) is 58.1 cm³/mol. The van der Waals surface area contributed by atoms with Gasteiger partial charge in [0, 0.05) is 38.4 Å². The number of aliphatic carboxylic acids is 1. The molecule has 1 heterocycles. The van der Waals surface area contributed by atoms with Gasteiger partial charge in [0.15, 0.2) is 0 Å². The van der Waals surface area contributed by atoms with Crippen LogP contribution in [-0.2, 0) is 16.1 Å². The first-order chi connectivity index (χ1) is 8.13. The smallest absolute Gasteiger partial charge is 0.326 e. The molecule has 17 heavy (non-hydrogen) atoms. The van der Waals surface area contributed by atoms with Crippen molar-refractivity contribution in [2.45, 2.75) is 25.4 Å². The highest BCUT2D eigenvalue weighted by atomic mass is 16.4. The molecular weight excluding hydrogens is 226 g/mol. The molecule has 0 fully saturated rings. The summed E-state index contributed by atoms with van der Waals surface area (Å²) in [5, 5.41) is 19.8. The molecule has 1 atom stereocenters. The van der Waals surface area contributed by atoms with Crippen molar-refractivity contribution in [1.29, 1.82) is 0 Å². The van der Waals surface area contributed by atoms with Crippen LogP contribution >= 0.6 is 0 Å². The number of nitrogens with zero attached hydrogens (tertiary/aromatic N) is 2. The molecule has 1 amide bonds. The van der Waals surface area contributed by atoms with Crippen molar-refractivity contribution in [3.05, 3.63) is 18.7 Å². The molecule has 0 bridgehead atoms. The Balaban J connectivity index is 2.34. The maximum Gasteiger partial charge on any atom is 0.326 e. The lowest BCUT2D eigenvalue weighted by Crippen LogP contribution is -2.41. The van der Waals surface area contributed by atoms with E-state index in [9.17, 15) is 9.59 Å². The predicted octanol–water partition coefficient (Wildman–Crippen LogP) is -0.775. The van der Waals surface area contributed by atoms with Gasteiger partial charge in [0.2, 0.25) is 5.91 Å². The lowest BCUT2D eigenvalue weighted by atomic mass is 10.2. The molecule has 7 heteroatoms. The van der Waals surface area contributed by atoms with Crippen molar-refractivity contribution in [2.24, 2.45) is 0 Å². The number of imidazole rings is 1. The SMILES string of the molecule is O=C(CCn1ccnc1)NC(CCO)C(=O)O. The van der Waals surface area contributed by atoms with Gasteiger partial charge in [0.05, 0.1) is 6.33 Å². The molecule has 0 aliphatic carbocycles. The summed E-state index contributed by atoms with van der Waals surface area (Å²) in [5.41, 5.74) is 0. The van der Waals surface area contributed by atoms with Crippen molar-refractivity contribution < 1.29 is 19.8 Å². The second kappa shape index (κ2) is 6.64. The topological polar surface area (TPSA) is 104 Å². The molecule has 1 aromatic rings. The first kappa shape index (κ1) is 13.2. The maximum absolute atomic E-state index is 11.4. The van der Waals surface area contributed by atoms with Crippen LogP contribution in [0.2, 0.25) is 0 Å². The van der Waals surface area contributed by atoms with Gasteiger partial charge in [-0.25, -0.2) is 9.78 Å². The highest BCUT2D eigenvalue weighted by Gasteiger charge is 2.18. The first-order valence-electron chi connectivity index (χ1n) is 5.22. The van der Waals surface area contributed by atoms with Gasteiger partial charge >= 0.3 is 5.97 Å². The van der Waals surface area contributed by atoms with Crippen molar-refractivity contribution >= 4 is 11.9 Å². The van der Waals surface area contributed by atoms with Crippen molar-refractivity contribution in [2.75, 3.05) is 6.61 Å². The van der Waals surface area contributed by atoms with Crippen LogP contribution < -0.4 is 5.32 Å². The number of aryl methyl sites for hydroxylation is 1. The van der Waals surface area contributed by atoms with E-state index in [1.165, 1.54) is 0 Å². The number of carbonyl (C=O) groups is 2. The Bertz CT molecular complexity index is 364. The summed E-state index contributed by atoms with van der Waals surface area (Å²) in [7, 11) is 0. The summed E-state index contributed by atoms with van der Waals surface area (Å²) in [6.07, 6.45) is 5.08. The number of hydrogen-bond donors (Lipinski definition) is 3. The van der Waals surface area contributed by atoms with E-state index in [0.29, 0.717) is 6.54 Å². The molecule has 0 saturated heterocycles. The van der Waals surface area contributed by atoms with E-state index < -0.39 is 12.0 Å². The Morgan fingerprint density at radius 1 is 1.47 bits per heavy atom. The van der Waals surface area contributed by atoms with E-state index in [-0.39, 0.29) is 25.4 Å². The number of aliphatic hydroxyl groups is 1. The molecule has 0 aliphatic heterocycles. The average Bonchev–Trinajstić information content (AvgIpc) is 2.78. The number of amides is 1. The summed E-state index contributed by atoms with van der Waals surface area (Å²) in [5.74, 6) is -1.51. The average molecular weight is 241 g/mol. The Hall–Kier alpha value is -1.89. The van der Waals surface area contributed by atoms with Crippen molar-refractivity contribution in [3.8, 4) is 0 Å². The Morgan fingerprint density at radius 2 is 2.24 bits per heavy atom. The fourth-order valence-corrected chi connectivity index (χ4v) is 1.30.